The molecule has 1 aliphatic heterocycles. The second kappa shape index (κ2) is 10.5. The summed E-state index contributed by atoms with van der Waals surface area (Å²) in [5.74, 6) is -0.547. The molecule has 3 aromatic carbocycles. The molecule has 7 heteroatoms. The molecule has 0 atom stereocenters. The van der Waals surface area contributed by atoms with Gasteiger partial charge in [0, 0.05) is 30.3 Å². The minimum Gasteiger partial charge on any atom is -0.493 e. The SMILES string of the molecule is N#CCCCOc1cccc(NC(=O)c2ccc3c(c2)C(=O)N(CCc2ccccc2)C3=O)c1. The molecule has 0 saturated heterocycles. The van der Waals surface area contributed by atoms with Gasteiger partial charge in [-0.1, -0.05) is 36.4 Å². The van der Waals surface area contributed by atoms with E-state index in [0.29, 0.717) is 42.9 Å². The number of nitriles is 1. The van der Waals surface area contributed by atoms with E-state index in [9.17, 15) is 14.4 Å². The Bertz CT molecular complexity index is 1260. The summed E-state index contributed by atoms with van der Waals surface area (Å²) in [6.07, 6.45) is 1.60. The zero-order chi connectivity index (χ0) is 23.9. The predicted octanol–water partition coefficient (Wildman–Crippen LogP) is 4.46. The molecule has 170 valence electrons. The molecule has 0 aromatic heterocycles. The fourth-order valence-corrected chi connectivity index (χ4v) is 3.73. The van der Waals surface area contributed by atoms with Crippen molar-refractivity contribution in [3.63, 3.8) is 0 Å². The van der Waals surface area contributed by atoms with Crippen molar-refractivity contribution in [3.05, 3.63) is 95.1 Å². The van der Waals surface area contributed by atoms with Crippen molar-refractivity contribution in [1.82, 2.24) is 4.90 Å². The molecule has 34 heavy (non-hydrogen) atoms. The number of hydrogen-bond acceptors (Lipinski definition) is 5. The maximum absolute atomic E-state index is 12.9. The van der Waals surface area contributed by atoms with E-state index in [4.69, 9.17) is 10.00 Å². The van der Waals surface area contributed by atoms with Crippen LogP contribution in [0.2, 0.25) is 0 Å². The lowest BCUT2D eigenvalue weighted by molar-refractivity contribution is 0.0656. The van der Waals surface area contributed by atoms with E-state index in [1.54, 1.807) is 30.3 Å². The summed E-state index contributed by atoms with van der Waals surface area (Å²) in [5.41, 5.74) is 2.40. The van der Waals surface area contributed by atoms with Crippen LogP contribution in [0.5, 0.6) is 5.75 Å². The molecule has 1 heterocycles. The molecule has 0 fully saturated rings. The van der Waals surface area contributed by atoms with Crippen LogP contribution in [-0.4, -0.2) is 35.8 Å². The second-order valence-electron chi connectivity index (χ2n) is 7.85. The first-order chi connectivity index (χ1) is 16.6. The third kappa shape index (κ3) is 5.13. The van der Waals surface area contributed by atoms with Crippen LogP contribution in [0.3, 0.4) is 0 Å². The smallest absolute Gasteiger partial charge is 0.261 e. The van der Waals surface area contributed by atoms with E-state index in [0.717, 1.165) is 5.56 Å². The summed E-state index contributed by atoms with van der Waals surface area (Å²) < 4.78 is 5.60. The number of ether oxygens (including phenoxy) is 1. The molecular weight excluding hydrogens is 430 g/mol. The zero-order valence-corrected chi connectivity index (χ0v) is 18.5. The number of nitrogens with zero attached hydrogens (tertiary/aromatic N) is 2. The zero-order valence-electron chi connectivity index (χ0n) is 18.5. The molecule has 4 rings (SSSR count). The van der Waals surface area contributed by atoms with Crippen LogP contribution >= 0.6 is 0 Å². The van der Waals surface area contributed by atoms with Crippen LogP contribution < -0.4 is 10.1 Å². The maximum Gasteiger partial charge on any atom is 0.261 e. The Morgan fingerprint density at radius 3 is 2.53 bits per heavy atom. The highest BCUT2D eigenvalue weighted by atomic mass is 16.5. The Kier molecular flexibility index (Phi) is 6.99. The lowest BCUT2D eigenvalue weighted by atomic mass is 10.1. The van der Waals surface area contributed by atoms with E-state index < -0.39 is 11.8 Å². The van der Waals surface area contributed by atoms with Gasteiger partial charge in [0.1, 0.15) is 5.75 Å². The average Bonchev–Trinajstić information content (AvgIpc) is 3.10. The number of imide groups is 1. The van der Waals surface area contributed by atoms with Crippen LogP contribution in [0.15, 0.2) is 72.8 Å². The number of carbonyl (C=O) groups excluding carboxylic acids is 3. The molecule has 3 aromatic rings. The topological polar surface area (TPSA) is 99.5 Å². The van der Waals surface area contributed by atoms with Gasteiger partial charge in [-0.2, -0.15) is 5.26 Å². The van der Waals surface area contributed by atoms with E-state index in [1.165, 1.54) is 17.0 Å². The Morgan fingerprint density at radius 1 is 0.941 bits per heavy atom. The van der Waals surface area contributed by atoms with E-state index in [2.05, 4.69) is 11.4 Å². The van der Waals surface area contributed by atoms with Crippen LogP contribution in [0, 0.1) is 11.3 Å². The van der Waals surface area contributed by atoms with Crippen LogP contribution in [0.4, 0.5) is 5.69 Å². The molecule has 1 N–H and O–H groups in total. The van der Waals surface area contributed by atoms with E-state index >= 15 is 0 Å². The number of benzene rings is 3. The van der Waals surface area contributed by atoms with Gasteiger partial charge >= 0.3 is 0 Å². The van der Waals surface area contributed by atoms with Gasteiger partial charge in [-0.25, -0.2) is 0 Å². The number of hydrogen-bond donors (Lipinski definition) is 1. The molecule has 0 spiro atoms. The molecule has 0 saturated carbocycles. The number of nitrogens with one attached hydrogen (secondary N) is 1. The van der Waals surface area contributed by atoms with Crippen molar-refractivity contribution >= 4 is 23.4 Å². The number of amides is 3. The summed E-state index contributed by atoms with van der Waals surface area (Å²) in [6, 6.07) is 23.2. The fourth-order valence-electron chi connectivity index (χ4n) is 3.73. The van der Waals surface area contributed by atoms with Crippen LogP contribution in [-0.2, 0) is 6.42 Å². The average molecular weight is 453 g/mol. The third-order valence-electron chi connectivity index (χ3n) is 5.49. The van der Waals surface area contributed by atoms with Gasteiger partial charge in [0.15, 0.2) is 0 Å². The highest BCUT2D eigenvalue weighted by Gasteiger charge is 2.35. The Hall–Kier alpha value is -4.44. The van der Waals surface area contributed by atoms with Gasteiger partial charge < -0.3 is 10.1 Å². The molecular formula is C27H23N3O4. The molecule has 0 unspecified atom stereocenters. The summed E-state index contributed by atoms with van der Waals surface area (Å²) in [7, 11) is 0. The largest absolute Gasteiger partial charge is 0.493 e. The van der Waals surface area contributed by atoms with Gasteiger partial charge in [0.25, 0.3) is 17.7 Å². The first-order valence-corrected chi connectivity index (χ1v) is 11.0. The first-order valence-electron chi connectivity index (χ1n) is 11.0. The summed E-state index contributed by atoms with van der Waals surface area (Å²) in [6.45, 7) is 0.686. The van der Waals surface area contributed by atoms with Gasteiger partial charge in [0.05, 0.1) is 23.8 Å². The number of unbranched alkanes of at least 4 members (excludes halogenated alkanes) is 1. The van der Waals surface area contributed by atoms with Gasteiger partial charge in [-0.3, -0.25) is 19.3 Å². The van der Waals surface area contributed by atoms with Crippen molar-refractivity contribution < 1.29 is 19.1 Å². The Morgan fingerprint density at radius 2 is 1.74 bits per heavy atom. The Balaban J connectivity index is 1.42. The van der Waals surface area contributed by atoms with Crippen molar-refractivity contribution in [2.75, 3.05) is 18.5 Å². The predicted molar refractivity (Wildman–Crippen MR) is 127 cm³/mol. The number of carbonyl (C=O) groups is 3. The lowest BCUT2D eigenvalue weighted by Crippen LogP contribution is -2.31. The monoisotopic (exact) mass is 453 g/mol. The van der Waals surface area contributed by atoms with E-state index in [-0.39, 0.29) is 23.6 Å². The molecule has 0 aliphatic carbocycles. The first kappa shape index (κ1) is 22.7. The highest BCUT2D eigenvalue weighted by Crippen LogP contribution is 2.25. The minimum atomic E-state index is -0.396. The number of fused-ring (bicyclic) bond motifs is 1. The maximum atomic E-state index is 12.9. The minimum absolute atomic E-state index is 0.236. The lowest BCUT2D eigenvalue weighted by Gasteiger charge is -2.13. The summed E-state index contributed by atoms with van der Waals surface area (Å²) in [4.78, 5) is 39.7. The van der Waals surface area contributed by atoms with Crippen molar-refractivity contribution in [2.45, 2.75) is 19.3 Å². The quantitative estimate of drug-likeness (QED) is 0.381. The van der Waals surface area contributed by atoms with Crippen LogP contribution in [0.1, 0.15) is 49.5 Å². The van der Waals surface area contributed by atoms with Crippen molar-refractivity contribution in [2.24, 2.45) is 0 Å². The van der Waals surface area contributed by atoms with Gasteiger partial charge in [0.2, 0.25) is 0 Å². The molecule has 0 bridgehead atoms. The van der Waals surface area contributed by atoms with Gasteiger partial charge in [-0.15, -0.1) is 0 Å². The fraction of sp³-hybridized carbons (Fsp3) is 0.185. The third-order valence-corrected chi connectivity index (χ3v) is 5.49. The van der Waals surface area contributed by atoms with E-state index in [1.807, 2.05) is 30.3 Å². The number of anilines is 1. The molecule has 3 amide bonds. The summed E-state index contributed by atoms with van der Waals surface area (Å²) in [5, 5.41) is 11.4. The Labute approximate surface area is 197 Å². The van der Waals surface area contributed by atoms with Crippen LogP contribution in [0.25, 0.3) is 0 Å². The normalized spacial score (nSPS) is 12.3. The molecule has 1 aliphatic rings. The van der Waals surface area contributed by atoms with Crippen molar-refractivity contribution in [1.29, 1.82) is 5.26 Å². The van der Waals surface area contributed by atoms with Gasteiger partial charge in [-0.05, 0) is 48.7 Å². The summed E-state index contributed by atoms with van der Waals surface area (Å²) >= 11 is 0. The molecule has 7 nitrogen and oxygen atoms in total. The molecule has 0 radical (unpaired) electrons. The second-order valence-corrected chi connectivity index (χ2v) is 7.85. The van der Waals surface area contributed by atoms with Crippen molar-refractivity contribution in [3.8, 4) is 11.8 Å². The standard InChI is InChI=1S/C27H23N3O4/c28-14-4-5-16-34-22-10-6-9-21(18-22)29-25(31)20-11-12-23-24(17-20)27(33)30(26(23)32)15-13-19-7-2-1-3-8-19/h1-3,6-12,17-18H,4-5,13,15-16H2,(H,29,31). The highest BCUT2D eigenvalue weighted by molar-refractivity contribution is 6.22. The number of rotatable bonds is 9.